The van der Waals surface area contributed by atoms with Crippen LogP contribution in [0.1, 0.15) is 65.2 Å². The number of fused-ring (bicyclic) bond motifs is 5. The van der Waals surface area contributed by atoms with Crippen molar-refractivity contribution < 1.29 is 14.6 Å². The second-order valence-electron chi connectivity index (χ2n) is 11.9. The van der Waals surface area contributed by atoms with E-state index in [1.807, 2.05) is 29.2 Å². The number of cyclic esters (lactones) is 1. The van der Waals surface area contributed by atoms with Gasteiger partial charge < -0.3 is 9.84 Å². The van der Waals surface area contributed by atoms with Crippen LogP contribution in [0.5, 0.6) is 0 Å². The largest absolute Gasteiger partial charge is 0.444 e. The van der Waals surface area contributed by atoms with E-state index in [1.54, 1.807) is 0 Å². The molecule has 0 aromatic heterocycles. The van der Waals surface area contributed by atoms with Gasteiger partial charge in [-0.05, 0) is 104 Å². The summed E-state index contributed by atoms with van der Waals surface area (Å²) < 4.78 is 7.06. The van der Waals surface area contributed by atoms with Crippen molar-refractivity contribution in [3.63, 3.8) is 0 Å². The Bertz CT molecular complexity index is 976. The highest BCUT2D eigenvalue weighted by atomic mass is 79.9. The third-order valence-electron chi connectivity index (χ3n) is 10.6. The third-order valence-corrected chi connectivity index (χ3v) is 11.1. The Kier molecular flexibility index (Phi) is 5.27. The Morgan fingerprint density at radius 1 is 1.03 bits per heavy atom. The van der Waals surface area contributed by atoms with Crippen LogP contribution in [-0.4, -0.2) is 30.0 Å². The first-order chi connectivity index (χ1) is 15.8. The number of hydrogen-bond acceptors (Lipinski definition) is 3. The lowest BCUT2D eigenvalue weighted by Crippen LogP contribution is -2.51. The molecule has 1 amide bonds. The highest BCUT2D eigenvalue weighted by Crippen LogP contribution is 2.67. The van der Waals surface area contributed by atoms with Crippen LogP contribution in [0.3, 0.4) is 0 Å². The van der Waals surface area contributed by atoms with Gasteiger partial charge >= 0.3 is 6.09 Å². The van der Waals surface area contributed by atoms with Gasteiger partial charge in [0.1, 0.15) is 6.10 Å². The lowest BCUT2D eigenvalue weighted by molar-refractivity contribution is -0.0657. The SMILES string of the molecule is C[C@]12CC[C@H]3[C@@H](CC=C4C[C@@H](O)CC[C@@]43C)[C@@H]1CC[C@@H]2[C@H]1CN(c2ccc(Br)cc2)C(=O)O1. The summed E-state index contributed by atoms with van der Waals surface area (Å²) in [5.41, 5.74) is 2.99. The van der Waals surface area contributed by atoms with E-state index in [0.717, 1.165) is 41.3 Å². The third kappa shape index (κ3) is 3.36. The summed E-state index contributed by atoms with van der Waals surface area (Å²) in [6, 6.07) is 7.96. The predicted octanol–water partition coefficient (Wildman–Crippen LogP) is 6.71. The highest BCUT2D eigenvalue weighted by molar-refractivity contribution is 9.10. The zero-order valence-electron chi connectivity index (χ0n) is 19.8. The summed E-state index contributed by atoms with van der Waals surface area (Å²) >= 11 is 3.48. The van der Waals surface area contributed by atoms with E-state index in [1.165, 1.54) is 37.7 Å². The zero-order valence-corrected chi connectivity index (χ0v) is 21.4. The number of ether oxygens (including phenoxy) is 1. The van der Waals surface area contributed by atoms with Gasteiger partial charge in [0, 0.05) is 16.1 Å². The maximum absolute atomic E-state index is 12.8. The maximum atomic E-state index is 12.8. The number of anilines is 1. The molecule has 4 fully saturated rings. The Labute approximate surface area is 205 Å². The minimum Gasteiger partial charge on any atom is -0.444 e. The molecule has 1 aliphatic heterocycles. The average Bonchev–Trinajstić information content (AvgIpc) is 3.34. The van der Waals surface area contributed by atoms with Gasteiger partial charge in [0.25, 0.3) is 0 Å². The molecule has 1 heterocycles. The molecule has 1 saturated heterocycles. The lowest BCUT2D eigenvalue weighted by atomic mass is 9.47. The molecule has 8 atom stereocenters. The number of allylic oxidation sites excluding steroid dienone is 1. The van der Waals surface area contributed by atoms with Gasteiger partial charge in [-0.25, -0.2) is 4.79 Å². The Morgan fingerprint density at radius 2 is 1.79 bits per heavy atom. The molecule has 1 N–H and O–H groups in total. The number of aliphatic hydroxyl groups excluding tert-OH is 1. The van der Waals surface area contributed by atoms with E-state index in [0.29, 0.717) is 18.4 Å². The summed E-state index contributed by atoms with van der Waals surface area (Å²) in [7, 11) is 0. The molecule has 1 aromatic carbocycles. The fourth-order valence-corrected chi connectivity index (χ4v) is 9.08. The lowest BCUT2D eigenvalue weighted by Gasteiger charge is -2.58. The summed E-state index contributed by atoms with van der Waals surface area (Å²) in [5.74, 6) is 2.63. The zero-order chi connectivity index (χ0) is 23.0. The van der Waals surface area contributed by atoms with Crippen LogP contribution < -0.4 is 4.90 Å². The molecule has 1 aromatic rings. The van der Waals surface area contributed by atoms with Crippen LogP contribution in [0, 0.1) is 34.5 Å². The molecule has 33 heavy (non-hydrogen) atoms. The monoisotopic (exact) mass is 513 g/mol. The smallest absolute Gasteiger partial charge is 0.414 e. The van der Waals surface area contributed by atoms with E-state index >= 15 is 0 Å². The van der Waals surface area contributed by atoms with Crippen LogP contribution in [-0.2, 0) is 4.74 Å². The molecule has 0 bridgehead atoms. The molecule has 0 unspecified atom stereocenters. The van der Waals surface area contributed by atoms with E-state index in [4.69, 9.17) is 4.74 Å². The predicted molar refractivity (Wildman–Crippen MR) is 133 cm³/mol. The van der Waals surface area contributed by atoms with Gasteiger partial charge in [-0.1, -0.05) is 41.4 Å². The van der Waals surface area contributed by atoms with Crippen molar-refractivity contribution in [2.24, 2.45) is 34.5 Å². The molecule has 0 radical (unpaired) electrons. The minimum atomic E-state index is -0.193. The Hall–Kier alpha value is -1.33. The topological polar surface area (TPSA) is 49.8 Å². The summed E-state index contributed by atoms with van der Waals surface area (Å²) in [5, 5.41) is 10.3. The van der Waals surface area contributed by atoms with E-state index in [2.05, 4.69) is 35.9 Å². The van der Waals surface area contributed by atoms with Crippen LogP contribution in [0.4, 0.5) is 10.5 Å². The molecule has 6 rings (SSSR count). The summed E-state index contributed by atoms with van der Waals surface area (Å²) in [6.45, 7) is 5.67. The second-order valence-corrected chi connectivity index (χ2v) is 12.8. The fourth-order valence-electron chi connectivity index (χ4n) is 8.82. The van der Waals surface area contributed by atoms with Crippen LogP contribution in [0.2, 0.25) is 0 Å². The molecule has 3 saturated carbocycles. The van der Waals surface area contributed by atoms with Crippen molar-refractivity contribution in [1.29, 1.82) is 0 Å². The highest BCUT2D eigenvalue weighted by Gasteiger charge is 2.61. The van der Waals surface area contributed by atoms with Gasteiger partial charge in [0.05, 0.1) is 12.6 Å². The quantitative estimate of drug-likeness (QED) is 0.446. The standard InChI is InChI=1S/C28H36BrNO3/c1-27-13-11-20(31)15-17(27)3-8-21-22-9-10-24(28(22,2)14-12-23(21)27)25-16-30(26(32)33-25)19-6-4-18(29)5-7-19/h3-7,20-25,31H,8-16H2,1-2H3/t20-,21-,22-,23-,24+,25+,27-,28-/m0/s1. The average molecular weight is 515 g/mol. The van der Waals surface area contributed by atoms with Gasteiger partial charge in [0.2, 0.25) is 0 Å². The molecule has 5 heteroatoms. The van der Waals surface area contributed by atoms with Gasteiger partial charge in [-0.3, -0.25) is 4.90 Å². The number of benzene rings is 1. The van der Waals surface area contributed by atoms with Crippen molar-refractivity contribution in [2.75, 3.05) is 11.4 Å². The first-order valence-corrected chi connectivity index (χ1v) is 13.7. The fraction of sp³-hybridized carbons (Fsp3) is 0.679. The molecule has 5 aliphatic rings. The van der Waals surface area contributed by atoms with Crippen molar-refractivity contribution in [3.05, 3.63) is 40.4 Å². The van der Waals surface area contributed by atoms with E-state index in [-0.39, 0.29) is 29.1 Å². The minimum absolute atomic E-state index is 0.0113. The number of nitrogens with zero attached hydrogens (tertiary/aromatic N) is 1. The Morgan fingerprint density at radius 3 is 2.58 bits per heavy atom. The van der Waals surface area contributed by atoms with E-state index in [9.17, 15) is 9.90 Å². The van der Waals surface area contributed by atoms with Crippen LogP contribution in [0.15, 0.2) is 40.4 Å². The first kappa shape index (κ1) is 22.2. The molecule has 4 aliphatic carbocycles. The van der Waals surface area contributed by atoms with Crippen molar-refractivity contribution in [1.82, 2.24) is 0 Å². The van der Waals surface area contributed by atoms with Crippen molar-refractivity contribution in [3.8, 4) is 0 Å². The number of amides is 1. The number of halogens is 1. The van der Waals surface area contributed by atoms with Crippen molar-refractivity contribution in [2.45, 2.75) is 77.4 Å². The molecule has 0 spiro atoms. The number of carbonyl (C=O) groups excluding carboxylic acids is 1. The van der Waals surface area contributed by atoms with Gasteiger partial charge in [-0.15, -0.1) is 0 Å². The summed E-state index contributed by atoms with van der Waals surface area (Å²) in [4.78, 5) is 14.6. The molecule has 178 valence electrons. The first-order valence-electron chi connectivity index (χ1n) is 12.9. The number of rotatable bonds is 2. The second kappa shape index (κ2) is 7.84. The number of carbonyl (C=O) groups is 1. The Balaban J connectivity index is 1.23. The number of hydrogen-bond donors (Lipinski definition) is 1. The van der Waals surface area contributed by atoms with Crippen molar-refractivity contribution >= 4 is 27.7 Å². The molecular weight excluding hydrogens is 478 g/mol. The van der Waals surface area contributed by atoms with E-state index < -0.39 is 0 Å². The van der Waals surface area contributed by atoms with Gasteiger partial charge in [-0.2, -0.15) is 0 Å². The molecule has 4 nitrogen and oxygen atoms in total. The maximum Gasteiger partial charge on any atom is 0.414 e. The van der Waals surface area contributed by atoms with Gasteiger partial charge in [0.15, 0.2) is 0 Å². The van der Waals surface area contributed by atoms with Crippen LogP contribution >= 0.6 is 15.9 Å². The van der Waals surface area contributed by atoms with Crippen LogP contribution in [0.25, 0.3) is 0 Å². The summed E-state index contributed by atoms with van der Waals surface area (Å²) in [6.07, 6.45) is 11.2. The normalized spacial score (nSPS) is 44.5. The number of aliphatic hydroxyl groups is 1. The molecular formula is C28H36BrNO3.